The van der Waals surface area contributed by atoms with Crippen LogP contribution in [0.2, 0.25) is 0 Å². The van der Waals surface area contributed by atoms with Gasteiger partial charge in [-0.05, 0) is 38.5 Å². The van der Waals surface area contributed by atoms with E-state index in [2.05, 4.69) is 26.9 Å². The van der Waals surface area contributed by atoms with Gasteiger partial charge in [0.05, 0.1) is 18.1 Å². The molecule has 4 fully saturated rings. The normalized spacial score (nSPS) is 33.1. The number of alkyl halides is 1. The number of allylic oxidation sites excluding steroid dienone is 3. The number of amides is 5. The minimum Gasteiger partial charge on any atom is -0.454 e. The number of nitrogens with zero attached hydrogens (tertiary/aromatic N) is 3. The summed E-state index contributed by atoms with van der Waals surface area (Å²) in [5.74, 6) is -4.59. The number of β-amino-alcohol motifs (C(OH)–C–C–N with tert-alkyl or cyclic N) is 1. The molecule has 0 aliphatic carbocycles. The fraction of sp³-hybridized carbons (Fsp3) is 0.677. The van der Waals surface area contributed by atoms with Crippen molar-refractivity contribution in [3.63, 3.8) is 0 Å². The monoisotopic (exact) mass is 710 g/mol. The van der Waals surface area contributed by atoms with E-state index >= 15 is 0 Å². The summed E-state index contributed by atoms with van der Waals surface area (Å²) in [5, 5.41) is 28.3. The first-order valence-corrected chi connectivity index (χ1v) is 16.9. The zero-order chi connectivity index (χ0) is 35.9. The molecule has 18 heteroatoms. The molecular formula is C31H47ClN8O9. The Hall–Kier alpha value is -3.61. The Bertz CT molecular complexity index is 1330. The summed E-state index contributed by atoms with van der Waals surface area (Å²) in [6.45, 7) is 3.81. The van der Waals surface area contributed by atoms with E-state index in [4.69, 9.17) is 16.3 Å². The number of esters is 1. The lowest BCUT2D eigenvalue weighted by molar-refractivity contribution is -0.166. The van der Waals surface area contributed by atoms with Crippen LogP contribution < -0.4 is 26.9 Å². The molecule has 4 rings (SSSR count). The highest BCUT2D eigenvalue weighted by atomic mass is 35.5. The molecule has 7 unspecified atom stereocenters. The summed E-state index contributed by atoms with van der Waals surface area (Å²) in [6.07, 6.45) is 6.62. The van der Waals surface area contributed by atoms with Gasteiger partial charge in [-0.15, -0.1) is 11.6 Å². The Balaban J connectivity index is 1.75. The quantitative estimate of drug-likeness (QED) is 0.0912. The van der Waals surface area contributed by atoms with Gasteiger partial charge in [-0.3, -0.25) is 39.0 Å². The smallest absolute Gasteiger partial charge is 0.334 e. The second kappa shape index (κ2) is 16.9. The van der Waals surface area contributed by atoms with E-state index in [0.29, 0.717) is 13.0 Å². The lowest BCUT2D eigenvalue weighted by Gasteiger charge is -2.44. The molecule has 4 aliphatic rings. The van der Waals surface area contributed by atoms with Gasteiger partial charge in [0, 0.05) is 26.1 Å². The highest BCUT2D eigenvalue weighted by Gasteiger charge is 2.47. The van der Waals surface area contributed by atoms with Crippen molar-refractivity contribution in [3.05, 3.63) is 24.3 Å². The number of halogens is 1. The average Bonchev–Trinajstić information content (AvgIpc) is 3.08. The summed E-state index contributed by atoms with van der Waals surface area (Å²) < 4.78 is 5.20. The highest BCUT2D eigenvalue weighted by molar-refractivity contribution is 6.21. The number of aliphatic hydroxyl groups excluding tert-OH is 2. The molecule has 0 aromatic heterocycles. The van der Waals surface area contributed by atoms with E-state index in [-0.39, 0.29) is 44.7 Å². The molecule has 4 heterocycles. The molecule has 7 atom stereocenters. The van der Waals surface area contributed by atoms with Crippen LogP contribution in [0.1, 0.15) is 52.9 Å². The molecule has 4 aliphatic heterocycles. The largest absolute Gasteiger partial charge is 0.454 e. The first kappa shape index (κ1) is 38.2. The van der Waals surface area contributed by atoms with Crippen molar-refractivity contribution in [2.24, 2.45) is 5.92 Å². The van der Waals surface area contributed by atoms with Crippen LogP contribution in [0.4, 0.5) is 0 Å². The molecule has 272 valence electrons. The Morgan fingerprint density at radius 1 is 0.939 bits per heavy atom. The second-order valence-electron chi connectivity index (χ2n) is 13.1. The van der Waals surface area contributed by atoms with Crippen molar-refractivity contribution in [1.29, 1.82) is 0 Å². The molecule has 4 saturated heterocycles. The predicted molar refractivity (Wildman–Crippen MR) is 174 cm³/mol. The van der Waals surface area contributed by atoms with Crippen LogP contribution in [0, 0.1) is 5.92 Å². The molecule has 0 saturated carbocycles. The number of nitrogens with one attached hydrogen (secondary N) is 5. The van der Waals surface area contributed by atoms with Crippen molar-refractivity contribution in [2.45, 2.75) is 94.1 Å². The number of carbonyl (C=O) groups excluding carboxylic acids is 6. The number of fused-ring (bicyclic) bond motifs is 3. The Morgan fingerprint density at radius 3 is 2.37 bits per heavy atom. The predicted octanol–water partition coefficient (Wildman–Crippen LogP) is -2.27. The molecule has 0 bridgehead atoms. The van der Waals surface area contributed by atoms with E-state index < -0.39 is 89.9 Å². The highest BCUT2D eigenvalue weighted by Crippen LogP contribution is 2.23. The number of aliphatic hydroxyl groups is 2. The third-order valence-corrected chi connectivity index (χ3v) is 9.01. The van der Waals surface area contributed by atoms with Crippen LogP contribution in [-0.2, 0) is 33.5 Å². The van der Waals surface area contributed by atoms with Gasteiger partial charge in [-0.2, -0.15) is 0 Å². The zero-order valence-corrected chi connectivity index (χ0v) is 28.6. The lowest BCUT2D eigenvalue weighted by atomic mass is 9.99. The molecule has 5 amide bonds. The maximum atomic E-state index is 14.3. The summed E-state index contributed by atoms with van der Waals surface area (Å²) in [5.41, 5.74) is 6.51. The fourth-order valence-corrected chi connectivity index (χ4v) is 6.14. The van der Waals surface area contributed by atoms with Crippen LogP contribution in [-0.4, -0.2) is 135 Å². The van der Waals surface area contributed by atoms with Crippen molar-refractivity contribution in [3.8, 4) is 0 Å². The summed E-state index contributed by atoms with van der Waals surface area (Å²) >= 11 is 6.47. The molecule has 0 aromatic rings. The SMILES string of the molecule is CC(C)/C=C/C=C/CC1NC(=O)C2CC(O)CNN2C(=O)COC(=O)C(C)(CO)NC(=O)C2CCCNN2C(=O)C2CC(Cl)CNN2C1=O. The fourth-order valence-electron chi connectivity index (χ4n) is 5.91. The topological polar surface area (TPSA) is 222 Å². The third-order valence-electron chi connectivity index (χ3n) is 8.68. The van der Waals surface area contributed by atoms with Crippen LogP contribution in [0.3, 0.4) is 0 Å². The minimum atomic E-state index is -2.00. The number of cyclic esters (lactones) is 1. The first-order valence-electron chi connectivity index (χ1n) is 16.5. The molecular weight excluding hydrogens is 664 g/mol. The van der Waals surface area contributed by atoms with Gasteiger partial charge in [0.1, 0.15) is 24.2 Å². The van der Waals surface area contributed by atoms with Crippen LogP contribution >= 0.6 is 11.6 Å². The van der Waals surface area contributed by atoms with E-state index in [1.807, 2.05) is 19.9 Å². The van der Waals surface area contributed by atoms with Crippen molar-refractivity contribution in [1.82, 2.24) is 41.9 Å². The standard InChI is InChI=1S/C31H47ClN8O9/c1-18(2)8-5-4-6-9-21-28(46)40-24(12-19(32)14-34-40)29(47)39-22(10-7-11-33-39)27(45)37-31(3,17-41)30(48)49-16-25(43)38-23(26(44)36-21)13-20(42)15-35-38/h4-6,8,18-24,33-35,41-42H,7,9-17H2,1-3H3,(H,36,44)(H,37,45)/b6-4+,8-5+. The van der Waals surface area contributed by atoms with Gasteiger partial charge >= 0.3 is 5.97 Å². The maximum absolute atomic E-state index is 14.3. The number of ether oxygens (including phenoxy) is 1. The third kappa shape index (κ3) is 9.34. The molecule has 0 aromatic carbocycles. The second-order valence-corrected chi connectivity index (χ2v) is 13.8. The number of carbonyl (C=O) groups is 6. The van der Waals surface area contributed by atoms with Crippen LogP contribution in [0.25, 0.3) is 0 Å². The average molecular weight is 711 g/mol. The van der Waals surface area contributed by atoms with E-state index in [0.717, 1.165) is 15.0 Å². The summed E-state index contributed by atoms with van der Waals surface area (Å²) in [4.78, 5) is 82.3. The number of hydrogen-bond donors (Lipinski definition) is 7. The Kier molecular flexibility index (Phi) is 13.1. The Labute approximate surface area is 289 Å². The molecule has 17 nitrogen and oxygen atoms in total. The van der Waals surface area contributed by atoms with Crippen molar-refractivity contribution >= 4 is 47.1 Å². The number of hydrazine groups is 3. The molecule has 0 spiro atoms. The van der Waals surface area contributed by atoms with Crippen molar-refractivity contribution in [2.75, 3.05) is 32.8 Å². The van der Waals surface area contributed by atoms with Gasteiger partial charge < -0.3 is 25.6 Å². The minimum absolute atomic E-state index is 0.00258. The number of rotatable bonds is 5. The van der Waals surface area contributed by atoms with E-state index in [9.17, 15) is 39.0 Å². The molecule has 0 radical (unpaired) electrons. The molecule has 49 heavy (non-hydrogen) atoms. The summed E-state index contributed by atoms with van der Waals surface area (Å²) in [6, 6.07) is -4.92. The van der Waals surface area contributed by atoms with Gasteiger partial charge in [-0.1, -0.05) is 38.2 Å². The van der Waals surface area contributed by atoms with Crippen molar-refractivity contribution < 1.29 is 43.7 Å². The van der Waals surface area contributed by atoms with Crippen LogP contribution in [0.5, 0.6) is 0 Å². The van der Waals surface area contributed by atoms with Crippen LogP contribution in [0.15, 0.2) is 24.3 Å². The van der Waals surface area contributed by atoms with Gasteiger partial charge in [0.2, 0.25) is 11.8 Å². The Morgan fingerprint density at radius 2 is 1.65 bits per heavy atom. The van der Waals surface area contributed by atoms with E-state index in [1.54, 1.807) is 18.2 Å². The lowest BCUT2D eigenvalue weighted by Crippen LogP contribution is -2.70. The maximum Gasteiger partial charge on any atom is 0.334 e. The van der Waals surface area contributed by atoms with E-state index in [1.165, 1.54) is 6.92 Å². The number of hydrogen-bond acceptors (Lipinski definition) is 12. The summed E-state index contributed by atoms with van der Waals surface area (Å²) in [7, 11) is 0. The van der Waals surface area contributed by atoms with Gasteiger partial charge in [-0.25, -0.2) is 21.1 Å². The zero-order valence-electron chi connectivity index (χ0n) is 27.9. The van der Waals surface area contributed by atoms with Gasteiger partial charge in [0.15, 0.2) is 12.1 Å². The molecule has 7 N–H and O–H groups in total. The first-order chi connectivity index (χ1) is 23.2. The van der Waals surface area contributed by atoms with Gasteiger partial charge in [0.25, 0.3) is 17.7 Å².